The number of ether oxygens (including phenoxy) is 1. The van der Waals surface area contributed by atoms with E-state index in [1.165, 1.54) is 0 Å². The number of aryl methyl sites for hydroxylation is 2. The van der Waals surface area contributed by atoms with Gasteiger partial charge in [0.2, 0.25) is 0 Å². The summed E-state index contributed by atoms with van der Waals surface area (Å²) < 4.78 is 5.06. The number of nitrogens with one attached hydrogen (secondary N) is 1. The molecule has 126 valence electrons. The van der Waals surface area contributed by atoms with Gasteiger partial charge in [0.1, 0.15) is 5.69 Å². The summed E-state index contributed by atoms with van der Waals surface area (Å²) in [6, 6.07) is 16.6. The fourth-order valence-corrected chi connectivity index (χ4v) is 2.52. The van der Waals surface area contributed by atoms with Crippen LogP contribution in [0.5, 0.6) is 0 Å². The Kier molecular flexibility index (Phi) is 4.75. The fourth-order valence-electron chi connectivity index (χ4n) is 2.52. The van der Waals surface area contributed by atoms with Crippen LogP contribution >= 0.6 is 0 Å². The van der Waals surface area contributed by atoms with Gasteiger partial charge in [-0.3, -0.25) is 4.79 Å². The monoisotopic (exact) mass is 334 g/mol. The van der Waals surface area contributed by atoms with Crippen molar-refractivity contribution in [2.45, 2.75) is 13.8 Å². The van der Waals surface area contributed by atoms with E-state index in [4.69, 9.17) is 4.74 Å². The fraction of sp³-hybridized carbons (Fsp3) is 0.150. The van der Waals surface area contributed by atoms with Gasteiger partial charge in [0.25, 0.3) is 5.91 Å². The molecule has 0 saturated heterocycles. The molecule has 0 radical (unpaired) electrons. The van der Waals surface area contributed by atoms with Crippen molar-refractivity contribution < 1.29 is 14.3 Å². The molecular formula is C20H18N2O3. The van der Waals surface area contributed by atoms with Crippen LogP contribution in [0.1, 0.15) is 21.6 Å². The Morgan fingerprint density at radius 1 is 1.04 bits per heavy atom. The van der Waals surface area contributed by atoms with Crippen molar-refractivity contribution in [2.75, 3.05) is 11.9 Å². The van der Waals surface area contributed by atoms with Gasteiger partial charge in [-0.05, 0) is 37.6 Å². The van der Waals surface area contributed by atoms with Crippen LogP contribution < -0.4 is 5.32 Å². The van der Waals surface area contributed by atoms with E-state index in [0.717, 1.165) is 16.5 Å². The molecule has 0 spiro atoms. The summed E-state index contributed by atoms with van der Waals surface area (Å²) in [4.78, 5) is 28.3. The normalized spacial score (nSPS) is 10.5. The maximum atomic E-state index is 12.1. The molecule has 1 amide bonds. The number of anilines is 1. The molecule has 1 N–H and O–H groups in total. The Balaban J connectivity index is 1.61. The smallest absolute Gasteiger partial charge is 0.357 e. The Bertz CT molecular complexity index is 951. The topological polar surface area (TPSA) is 68.3 Å². The number of rotatable bonds is 4. The molecule has 25 heavy (non-hydrogen) atoms. The standard InChI is InChI=1S/C20H18N2O3/c1-13-7-9-16(14(2)11-13)22-19(23)12-25-20(24)18-10-8-15-5-3-4-6-17(15)21-18/h3-11H,12H2,1-2H3,(H,22,23). The Hall–Kier alpha value is -3.21. The molecule has 3 aromatic rings. The molecule has 1 aromatic heterocycles. The summed E-state index contributed by atoms with van der Waals surface area (Å²) in [5.41, 5.74) is 3.66. The number of carbonyl (C=O) groups is 2. The van der Waals surface area contributed by atoms with Crippen LogP contribution in [-0.4, -0.2) is 23.5 Å². The molecule has 0 unspecified atom stereocenters. The van der Waals surface area contributed by atoms with E-state index in [1.54, 1.807) is 12.1 Å². The second-order valence-corrected chi connectivity index (χ2v) is 5.83. The lowest BCUT2D eigenvalue weighted by molar-refractivity contribution is -0.119. The van der Waals surface area contributed by atoms with Crippen molar-refractivity contribution in [3.05, 3.63) is 71.4 Å². The number of para-hydroxylation sites is 1. The van der Waals surface area contributed by atoms with E-state index in [9.17, 15) is 9.59 Å². The summed E-state index contributed by atoms with van der Waals surface area (Å²) in [6.45, 7) is 3.53. The van der Waals surface area contributed by atoms with Gasteiger partial charge in [-0.15, -0.1) is 0 Å². The molecule has 0 atom stereocenters. The zero-order valence-electron chi connectivity index (χ0n) is 14.1. The van der Waals surface area contributed by atoms with Gasteiger partial charge >= 0.3 is 5.97 Å². The summed E-state index contributed by atoms with van der Waals surface area (Å²) in [7, 11) is 0. The Labute approximate surface area is 145 Å². The number of hydrogen-bond acceptors (Lipinski definition) is 4. The van der Waals surface area contributed by atoms with Crippen LogP contribution in [0, 0.1) is 13.8 Å². The Morgan fingerprint density at radius 3 is 2.64 bits per heavy atom. The molecule has 2 aromatic carbocycles. The van der Waals surface area contributed by atoms with Crippen molar-refractivity contribution in [3.8, 4) is 0 Å². The van der Waals surface area contributed by atoms with E-state index < -0.39 is 5.97 Å². The molecule has 0 aliphatic rings. The molecule has 5 heteroatoms. The summed E-state index contributed by atoms with van der Waals surface area (Å²) in [6.07, 6.45) is 0. The predicted molar refractivity (Wildman–Crippen MR) is 96.6 cm³/mol. The first kappa shape index (κ1) is 16.6. The third-order valence-corrected chi connectivity index (χ3v) is 3.80. The minimum absolute atomic E-state index is 0.179. The lowest BCUT2D eigenvalue weighted by Gasteiger charge is -2.09. The molecule has 5 nitrogen and oxygen atoms in total. The number of hydrogen-bond donors (Lipinski definition) is 1. The van der Waals surface area contributed by atoms with Crippen LogP contribution in [0.4, 0.5) is 5.69 Å². The van der Waals surface area contributed by atoms with Crippen molar-refractivity contribution in [3.63, 3.8) is 0 Å². The zero-order chi connectivity index (χ0) is 17.8. The van der Waals surface area contributed by atoms with Gasteiger partial charge in [0.05, 0.1) is 5.52 Å². The van der Waals surface area contributed by atoms with Crippen molar-refractivity contribution in [1.82, 2.24) is 4.98 Å². The van der Waals surface area contributed by atoms with Gasteiger partial charge in [-0.25, -0.2) is 9.78 Å². The van der Waals surface area contributed by atoms with E-state index in [0.29, 0.717) is 11.2 Å². The molecule has 0 saturated carbocycles. The minimum Gasteiger partial charge on any atom is -0.451 e. The first-order valence-electron chi connectivity index (χ1n) is 7.93. The number of aromatic nitrogens is 1. The van der Waals surface area contributed by atoms with E-state index in [-0.39, 0.29) is 18.2 Å². The summed E-state index contributed by atoms with van der Waals surface area (Å²) in [5, 5.41) is 3.67. The van der Waals surface area contributed by atoms with E-state index in [2.05, 4.69) is 10.3 Å². The highest BCUT2D eigenvalue weighted by atomic mass is 16.5. The van der Waals surface area contributed by atoms with Gasteiger partial charge in [0, 0.05) is 11.1 Å². The highest BCUT2D eigenvalue weighted by Gasteiger charge is 2.13. The summed E-state index contributed by atoms with van der Waals surface area (Å²) in [5.74, 6) is -1.01. The lowest BCUT2D eigenvalue weighted by Crippen LogP contribution is -2.21. The Morgan fingerprint density at radius 2 is 1.84 bits per heavy atom. The minimum atomic E-state index is -0.624. The van der Waals surface area contributed by atoms with E-state index in [1.807, 2.05) is 56.3 Å². The lowest BCUT2D eigenvalue weighted by atomic mass is 10.1. The number of carbonyl (C=O) groups excluding carboxylic acids is 2. The number of fused-ring (bicyclic) bond motifs is 1. The molecule has 1 heterocycles. The molecule has 0 fully saturated rings. The van der Waals surface area contributed by atoms with Crippen molar-refractivity contribution in [2.24, 2.45) is 0 Å². The van der Waals surface area contributed by atoms with Gasteiger partial charge < -0.3 is 10.1 Å². The second-order valence-electron chi connectivity index (χ2n) is 5.83. The highest BCUT2D eigenvalue weighted by molar-refractivity contribution is 5.96. The number of nitrogens with zero attached hydrogens (tertiary/aromatic N) is 1. The maximum Gasteiger partial charge on any atom is 0.357 e. The van der Waals surface area contributed by atoms with Crippen LogP contribution in [0.25, 0.3) is 10.9 Å². The van der Waals surface area contributed by atoms with E-state index >= 15 is 0 Å². The van der Waals surface area contributed by atoms with Gasteiger partial charge in [-0.1, -0.05) is 42.0 Å². The van der Waals surface area contributed by atoms with Crippen LogP contribution in [0.3, 0.4) is 0 Å². The number of amides is 1. The van der Waals surface area contributed by atoms with Crippen LogP contribution in [0.2, 0.25) is 0 Å². The van der Waals surface area contributed by atoms with Crippen molar-refractivity contribution in [1.29, 1.82) is 0 Å². The number of esters is 1. The average molecular weight is 334 g/mol. The van der Waals surface area contributed by atoms with Gasteiger partial charge in [0.15, 0.2) is 6.61 Å². The largest absolute Gasteiger partial charge is 0.451 e. The third kappa shape index (κ3) is 4.01. The third-order valence-electron chi connectivity index (χ3n) is 3.80. The van der Waals surface area contributed by atoms with Crippen LogP contribution in [0.15, 0.2) is 54.6 Å². The molecular weight excluding hydrogens is 316 g/mol. The highest BCUT2D eigenvalue weighted by Crippen LogP contribution is 2.16. The second kappa shape index (κ2) is 7.13. The maximum absolute atomic E-state index is 12.1. The number of benzene rings is 2. The molecule has 0 bridgehead atoms. The molecule has 0 aliphatic heterocycles. The first-order chi connectivity index (χ1) is 12.0. The van der Waals surface area contributed by atoms with Crippen LogP contribution in [-0.2, 0) is 9.53 Å². The molecule has 0 aliphatic carbocycles. The average Bonchev–Trinajstić information content (AvgIpc) is 2.61. The number of pyridine rings is 1. The SMILES string of the molecule is Cc1ccc(NC(=O)COC(=O)c2ccc3ccccc3n2)c(C)c1. The van der Waals surface area contributed by atoms with Gasteiger partial charge in [-0.2, -0.15) is 0 Å². The molecule has 3 rings (SSSR count). The predicted octanol–water partition coefficient (Wildman–Crippen LogP) is 3.65. The summed E-state index contributed by atoms with van der Waals surface area (Å²) >= 11 is 0. The first-order valence-corrected chi connectivity index (χ1v) is 7.93. The van der Waals surface area contributed by atoms with Crippen molar-refractivity contribution >= 4 is 28.5 Å². The quantitative estimate of drug-likeness (QED) is 0.740. The zero-order valence-corrected chi connectivity index (χ0v) is 14.1.